The van der Waals surface area contributed by atoms with Gasteiger partial charge in [-0.25, -0.2) is 0 Å². The number of hydrogen-bond acceptors (Lipinski definition) is 5. The van der Waals surface area contributed by atoms with E-state index in [1.165, 1.54) is 9.58 Å². The molecule has 0 aromatic carbocycles. The van der Waals surface area contributed by atoms with E-state index < -0.39 is 6.10 Å². The highest BCUT2D eigenvalue weighted by Crippen LogP contribution is 2.11. The van der Waals surface area contributed by atoms with Gasteiger partial charge in [0.15, 0.2) is 0 Å². The maximum atomic E-state index is 11.3. The van der Waals surface area contributed by atoms with Crippen molar-refractivity contribution >= 4 is 11.8 Å². The van der Waals surface area contributed by atoms with E-state index >= 15 is 0 Å². The minimum Gasteiger partial charge on any atom is -0.387 e. The van der Waals surface area contributed by atoms with E-state index in [9.17, 15) is 14.7 Å². The number of hydrogen-bond donors (Lipinski definition) is 1. The van der Waals surface area contributed by atoms with Crippen molar-refractivity contribution in [3.63, 3.8) is 0 Å². The van der Waals surface area contributed by atoms with Crippen LogP contribution in [0, 0.1) is 0 Å². The minimum absolute atomic E-state index is 0.133. The number of amides is 2. The van der Waals surface area contributed by atoms with Crippen molar-refractivity contribution in [2.75, 3.05) is 6.54 Å². The zero-order chi connectivity index (χ0) is 12.4. The van der Waals surface area contributed by atoms with Crippen LogP contribution in [-0.4, -0.2) is 43.4 Å². The number of nitrogens with zero attached hydrogens (tertiary/aromatic N) is 4. The molecule has 1 unspecified atom stereocenters. The largest absolute Gasteiger partial charge is 0.387 e. The second-order valence-electron chi connectivity index (χ2n) is 4.02. The Kier molecular flexibility index (Phi) is 3.19. The number of carbonyl (C=O) groups excluding carboxylic acids is 2. The molecule has 1 aliphatic heterocycles. The normalized spacial score (nSPS) is 17.9. The van der Waals surface area contributed by atoms with Gasteiger partial charge in [0, 0.05) is 19.4 Å². The summed E-state index contributed by atoms with van der Waals surface area (Å²) in [5.74, 6) is -0.267. The molecule has 1 aromatic rings. The molecule has 0 spiro atoms. The predicted molar refractivity (Wildman–Crippen MR) is 56.6 cm³/mol. The van der Waals surface area contributed by atoms with Crippen LogP contribution < -0.4 is 0 Å². The first-order valence-electron chi connectivity index (χ1n) is 5.49. The van der Waals surface area contributed by atoms with Gasteiger partial charge in [-0.15, -0.1) is 5.10 Å². The van der Waals surface area contributed by atoms with E-state index in [-0.39, 0.29) is 11.8 Å². The highest BCUT2D eigenvalue weighted by atomic mass is 16.3. The third-order valence-electron chi connectivity index (χ3n) is 2.69. The van der Waals surface area contributed by atoms with Gasteiger partial charge in [0.25, 0.3) is 0 Å². The topological polar surface area (TPSA) is 88.3 Å². The Hall–Kier alpha value is -1.76. The van der Waals surface area contributed by atoms with Crippen LogP contribution in [0.15, 0.2) is 6.20 Å². The molecule has 2 rings (SSSR count). The molecule has 92 valence electrons. The Morgan fingerprint density at radius 1 is 1.35 bits per heavy atom. The molecule has 1 saturated heterocycles. The summed E-state index contributed by atoms with van der Waals surface area (Å²) in [7, 11) is 0. The smallest absolute Gasteiger partial charge is 0.229 e. The quantitative estimate of drug-likeness (QED) is 0.713. The Morgan fingerprint density at radius 2 is 2.00 bits per heavy atom. The number of imide groups is 1. The Labute approximate surface area is 98.0 Å². The van der Waals surface area contributed by atoms with E-state index in [2.05, 4.69) is 10.3 Å². The van der Waals surface area contributed by atoms with Gasteiger partial charge in [0.05, 0.1) is 18.8 Å². The molecule has 1 N–H and O–H groups in total. The molecule has 17 heavy (non-hydrogen) atoms. The fourth-order valence-electron chi connectivity index (χ4n) is 1.69. The molecular weight excluding hydrogens is 224 g/mol. The highest BCUT2D eigenvalue weighted by molar-refractivity contribution is 6.01. The summed E-state index contributed by atoms with van der Waals surface area (Å²) in [6.45, 7) is 2.30. The fraction of sp³-hybridized carbons (Fsp3) is 0.600. The van der Waals surface area contributed by atoms with Gasteiger partial charge in [-0.2, -0.15) is 0 Å². The second kappa shape index (κ2) is 4.62. The molecule has 0 radical (unpaired) electrons. The third-order valence-corrected chi connectivity index (χ3v) is 2.69. The maximum Gasteiger partial charge on any atom is 0.229 e. The van der Waals surface area contributed by atoms with Crippen LogP contribution in [0.2, 0.25) is 0 Å². The molecule has 7 heteroatoms. The summed E-state index contributed by atoms with van der Waals surface area (Å²) in [5, 5.41) is 16.8. The van der Waals surface area contributed by atoms with Crippen molar-refractivity contribution in [2.24, 2.45) is 0 Å². The van der Waals surface area contributed by atoms with E-state index in [1.54, 1.807) is 13.1 Å². The van der Waals surface area contributed by atoms with Gasteiger partial charge in [0.1, 0.15) is 5.69 Å². The summed E-state index contributed by atoms with van der Waals surface area (Å²) in [4.78, 5) is 23.9. The first-order valence-corrected chi connectivity index (χ1v) is 5.49. The van der Waals surface area contributed by atoms with Crippen molar-refractivity contribution in [3.8, 4) is 0 Å². The zero-order valence-electron chi connectivity index (χ0n) is 9.54. The highest BCUT2D eigenvalue weighted by Gasteiger charge is 2.28. The molecule has 1 atom stereocenters. The summed E-state index contributed by atoms with van der Waals surface area (Å²) >= 11 is 0. The van der Waals surface area contributed by atoms with Crippen molar-refractivity contribution in [1.29, 1.82) is 0 Å². The van der Waals surface area contributed by atoms with E-state index in [1.807, 2.05) is 0 Å². The first-order chi connectivity index (χ1) is 8.08. The van der Waals surface area contributed by atoms with Gasteiger partial charge >= 0.3 is 0 Å². The maximum absolute atomic E-state index is 11.3. The lowest BCUT2D eigenvalue weighted by molar-refractivity contribution is -0.138. The van der Waals surface area contributed by atoms with Crippen LogP contribution >= 0.6 is 0 Å². The lowest BCUT2D eigenvalue weighted by Gasteiger charge is -2.12. The lowest BCUT2D eigenvalue weighted by atomic mass is 10.3. The SMILES string of the molecule is CC(O)c1cn(CCN2C(=O)CCC2=O)nn1. The molecule has 1 fully saturated rings. The van der Waals surface area contributed by atoms with Gasteiger partial charge in [-0.3, -0.25) is 19.2 Å². The van der Waals surface area contributed by atoms with Gasteiger partial charge < -0.3 is 5.11 Å². The van der Waals surface area contributed by atoms with Crippen LogP contribution in [-0.2, 0) is 16.1 Å². The number of carbonyl (C=O) groups is 2. The predicted octanol–water partition coefficient (Wildman–Crippen LogP) is -0.520. The van der Waals surface area contributed by atoms with Crippen molar-refractivity contribution in [1.82, 2.24) is 19.9 Å². The average molecular weight is 238 g/mol. The summed E-state index contributed by atoms with van der Waals surface area (Å²) in [6.07, 6.45) is 1.54. The van der Waals surface area contributed by atoms with Crippen LogP contribution in [0.5, 0.6) is 0 Å². The Balaban J connectivity index is 1.93. The molecule has 1 aliphatic rings. The summed E-state index contributed by atoms with van der Waals surface area (Å²) in [6, 6.07) is 0. The van der Waals surface area contributed by atoms with Crippen LogP contribution in [0.1, 0.15) is 31.6 Å². The van der Waals surface area contributed by atoms with Gasteiger partial charge in [-0.05, 0) is 6.92 Å². The summed E-state index contributed by atoms with van der Waals surface area (Å²) < 4.78 is 1.51. The molecule has 0 bridgehead atoms. The van der Waals surface area contributed by atoms with Gasteiger partial charge in [-0.1, -0.05) is 5.21 Å². The van der Waals surface area contributed by atoms with Crippen molar-refractivity contribution in [3.05, 3.63) is 11.9 Å². The zero-order valence-corrected chi connectivity index (χ0v) is 9.54. The van der Waals surface area contributed by atoms with Gasteiger partial charge in [0.2, 0.25) is 11.8 Å². The number of likely N-dealkylation sites (tertiary alicyclic amines) is 1. The molecule has 2 heterocycles. The third kappa shape index (κ3) is 2.50. The van der Waals surface area contributed by atoms with Crippen molar-refractivity contribution < 1.29 is 14.7 Å². The molecule has 2 amide bonds. The van der Waals surface area contributed by atoms with Crippen molar-refractivity contribution in [2.45, 2.75) is 32.4 Å². The Bertz CT molecular complexity index is 425. The number of aromatic nitrogens is 3. The second-order valence-corrected chi connectivity index (χ2v) is 4.02. The van der Waals surface area contributed by atoms with E-state index in [0.29, 0.717) is 31.6 Å². The number of rotatable bonds is 4. The first kappa shape index (κ1) is 11.7. The monoisotopic (exact) mass is 238 g/mol. The molecule has 7 nitrogen and oxygen atoms in total. The average Bonchev–Trinajstić information content (AvgIpc) is 2.85. The molecule has 1 aromatic heterocycles. The number of aliphatic hydroxyl groups is 1. The molecule has 0 aliphatic carbocycles. The minimum atomic E-state index is -0.668. The van der Waals surface area contributed by atoms with E-state index in [4.69, 9.17) is 0 Å². The van der Waals surface area contributed by atoms with Crippen LogP contribution in [0.3, 0.4) is 0 Å². The number of aliphatic hydroxyl groups excluding tert-OH is 1. The van der Waals surface area contributed by atoms with Crippen LogP contribution in [0.4, 0.5) is 0 Å². The standard InChI is InChI=1S/C10H14N4O3/c1-7(15)8-6-13(12-11-8)4-5-14-9(16)2-3-10(14)17/h6-7,15H,2-5H2,1H3. The summed E-state index contributed by atoms with van der Waals surface area (Å²) in [5.41, 5.74) is 0.476. The fourth-order valence-corrected chi connectivity index (χ4v) is 1.69. The van der Waals surface area contributed by atoms with Crippen LogP contribution in [0.25, 0.3) is 0 Å². The Morgan fingerprint density at radius 3 is 2.53 bits per heavy atom. The molecule has 0 saturated carbocycles. The molecular formula is C10H14N4O3. The van der Waals surface area contributed by atoms with E-state index in [0.717, 1.165) is 0 Å². The lowest BCUT2D eigenvalue weighted by Crippen LogP contribution is -2.32.